The van der Waals surface area contributed by atoms with Crippen LogP contribution >= 0.6 is 15.9 Å². The third-order valence-electron chi connectivity index (χ3n) is 1.61. The number of furan rings is 1. The average Bonchev–Trinajstić information content (AvgIpc) is 2.46. The van der Waals surface area contributed by atoms with Gasteiger partial charge in [-0.25, -0.2) is 0 Å². The van der Waals surface area contributed by atoms with Crippen molar-refractivity contribution in [3.05, 3.63) is 22.9 Å². The van der Waals surface area contributed by atoms with Crippen LogP contribution in [0.1, 0.15) is 6.92 Å². The minimum absolute atomic E-state index is 0.242. The quantitative estimate of drug-likeness (QED) is 0.735. The number of carbonyl (C=O) groups is 1. The average molecular weight is 256 g/mol. The van der Waals surface area contributed by atoms with Crippen LogP contribution in [0.5, 0.6) is 5.88 Å². The highest BCUT2D eigenvalue weighted by Crippen LogP contribution is 2.26. The Morgan fingerprint density at radius 2 is 2.36 bits per heavy atom. The molecule has 0 aliphatic heterocycles. The Morgan fingerprint density at radius 1 is 1.57 bits per heavy atom. The second-order valence-electron chi connectivity index (χ2n) is 2.68. The zero-order chi connectivity index (χ0) is 10.1. The molecule has 0 saturated carbocycles. The van der Waals surface area contributed by atoms with Gasteiger partial charge >= 0.3 is 5.97 Å². The number of halogens is 1. The van der Waals surface area contributed by atoms with Gasteiger partial charge in [-0.3, -0.25) is 4.79 Å². The summed E-state index contributed by atoms with van der Waals surface area (Å²) < 4.78 is 10.8. The predicted molar refractivity (Wildman–Crippen MR) is 53.0 cm³/mol. The minimum Gasteiger partial charge on any atom is -0.445 e. The number of pyridine rings is 1. The normalized spacial score (nSPS) is 10.4. The summed E-state index contributed by atoms with van der Waals surface area (Å²) in [5.74, 6) is -0.158. The van der Waals surface area contributed by atoms with Gasteiger partial charge in [0.25, 0.3) is 0 Å². The summed E-state index contributed by atoms with van der Waals surface area (Å²) in [6.45, 7) is 1.32. The standard InChI is InChI=1S/C9H6BrNO3/c1-5(12)14-8-3-2-6-7(10)4-13-9(6)11-8/h2-4H,1H3. The van der Waals surface area contributed by atoms with Crippen molar-refractivity contribution in [2.75, 3.05) is 0 Å². The van der Waals surface area contributed by atoms with E-state index in [1.807, 2.05) is 0 Å². The van der Waals surface area contributed by atoms with Gasteiger partial charge in [0.2, 0.25) is 11.6 Å². The number of hydrogen-bond acceptors (Lipinski definition) is 4. The molecule has 0 unspecified atom stereocenters. The molecule has 0 bridgehead atoms. The molecule has 0 N–H and O–H groups in total. The molecule has 2 aromatic heterocycles. The van der Waals surface area contributed by atoms with Gasteiger partial charge in [-0.15, -0.1) is 0 Å². The summed E-state index contributed by atoms with van der Waals surface area (Å²) in [5.41, 5.74) is 0.440. The molecule has 72 valence electrons. The van der Waals surface area contributed by atoms with Crippen LogP contribution in [0.15, 0.2) is 27.3 Å². The molecule has 0 amide bonds. The predicted octanol–water partition coefficient (Wildman–Crippen LogP) is 2.52. The molecule has 2 rings (SSSR count). The van der Waals surface area contributed by atoms with Crippen molar-refractivity contribution in [2.24, 2.45) is 0 Å². The van der Waals surface area contributed by atoms with Crippen LogP contribution < -0.4 is 4.74 Å². The molecule has 4 nitrogen and oxygen atoms in total. The van der Waals surface area contributed by atoms with E-state index in [0.29, 0.717) is 5.71 Å². The van der Waals surface area contributed by atoms with Crippen molar-refractivity contribution < 1.29 is 13.9 Å². The Morgan fingerprint density at radius 3 is 3.07 bits per heavy atom. The molecule has 0 saturated heterocycles. The maximum atomic E-state index is 10.7. The summed E-state index contributed by atoms with van der Waals surface area (Å²) in [5, 5.41) is 0.848. The fourth-order valence-corrected chi connectivity index (χ4v) is 1.47. The van der Waals surface area contributed by atoms with Gasteiger partial charge in [-0.1, -0.05) is 0 Å². The van der Waals surface area contributed by atoms with E-state index in [2.05, 4.69) is 20.9 Å². The van der Waals surface area contributed by atoms with E-state index in [4.69, 9.17) is 9.15 Å². The molecule has 0 aliphatic carbocycles. The lowest BCUT2D eigenvalue weighted by Gasteiger charge is -1.97. The number of carbonyl (C=O) groups excluding carboxylic acids is 1. The van der Waals surface area contributed by atoms with Crippen LogP contribution in [0.2, 0.25) is 0 Å². The number of rotatable bonds is 1. The van der Waals surface area contributed by atoms with Crippen molar-refractivity contribution in [1.29, 1.82) is 0 Å². The maximum absolute atomic E-state index is 10.7. The van der Waals surface area contributed by atoms with Crippen molar-refractivity contribution in [3.63, 3.8) is 0 Å². The number of hydrogen-bond donors (Lipinski definition) is 0. The summed E-state index contributed by atoms with van der Waals surface area (Å²) in [6, 6.07) is 3.39. The van der Waals surface area contributed by atoms with Crippen LogP contribution in [0.25, 0.3) is 11.1 Å². The van der Waals surface area contributed by atoms with Crippen LogP contribution in [-0.4, -0.2) is 11.0 Å². The molecule has 0 fully saturated rings. The number of nitrogens with zero attached hydrogens (tertiary/aromatic N) is 1. The van der Waals surface area contributed by atoms with E-state index >= 15 is 0 Å². The van der Waals surface area contributed by atoms with Crippen LogP contribution in [0.3, 0.4) is 0 Å². The monoisotopic (exact) mass is 255 g/mol. The maximum Gasteiger partial charge on any atom is 0.309 e. The highest BCUT2D eigenvalue weighted by atomic mass is 79.9. The molecule has 0 radical (unpaired) electrons. The van der Waals surface area contributed by atoms with Crippen LogP contribution in [0.4, 0.5) is 0 Å². The number of aromatic nitrogens is 1. The largest absolute Gasteiger partial charge is 0.445 e. The van der Waals surface area contributed by atoms with E-state index in [-0.39, 0.29) is 5.88 Å². The summed E-state index contributed by atoms with van der Waals surface area (Å²) in [6.07, 6.45) is 1.54. The third kappa shape index (κ3) is 1.63. The lowest BCUT2D eigenvalue weighted by Crippen LogP contribution is -2.02. The first-order valence-corrected chi connectivity index (χ1v) is 4.68. The topological polar surface area (TPSA) is 52.3 Å². The van der Waals surface area contributed by atoms with Gasteiger partial charge in [-0.2, -0.15) is 4.98 Å². The molecule has 0 spiro atoms. The number of fused-ring (bicyclic) bond motifs is 1. The van der Waals surface area contributed by atoms with E-state index in [9.17, 15) is 4.79 Å². The molecule has 0 aromatic carbocycles. The zero-order valence-corrected chi connectivity index (χ0v) is 8.87. The second-order valence-corrected chi connectivity index (χ2v) is 3.53. The van der Waals surface area contributed by atoms with E-state index in [1.54, 1.807) is 12.1 Å². The second kappa shape index (κ2) is 3.42. The highest BCUT2D eigenvalue weighted by molar-refractivity contribution is 9.10. The summed E-state index contributed by atoms with van der Waals surface area (Å²) in [4.78, 5) is 14.6. The molecule has 0 atom stereocenters. The molecule has 14 heavy (non-hydrogen) atoms. The first-order valence-electron chi connectivity index (χ1n) is 3.89. The molecular weight excluding hydrogens is 250 g/mol. The smallest absolute Gasteiger partial charge is 0.309 e. The van der Waals surface area contributed by atoms with E-state index < -0.39 is 5.97 Å². The fraction of sp³-hybridized carbons (Fsp3) is 0.111. The Labute approximate surface area is 88.0 Å². The Bertz CT molecular complexity index is 492. The van der Waals surface area contributed by atoms with Gasteiger partial charge in [-0.05, 0) is 22.0 Å². The van der Waals surface area contributed by atoms with E-state index in [0.717, 1.165) is 9.86 Å². The van der Waals surface area contributed by atoms with Crippen molar-refractivity contribution in [1.82, 2.24) is 4.98 Å². The molecule has 2 aromatic rings. The summed E-state index contributed by atoms with van der Waals surface area (Å²) in [7, 11) is 0. The number of esters is 1. The van der Waals surface area contributed by atoms with Crippen molar-refractivity contribution >= 4 is 33.0 Å². The fourth-order valence-electron chi connectivity index (χ4n) is 1.07. The first-order chi connectivity index (χ1) is 6.66. The Balaban J connectivity index is 2.46. The van der Waals surface area contributed by atoms with Crippen molar-refractivity contribution in [2.45, 2.75) is 6.92 Å². The van der Waals surface area contributed by atoms with Gasteiger partial charge in [0.1, 0.15) is 6.26 Å². The third-order valence-corrected chi connectivity index (χ3v) is 2.23. The van der Waals surface area contributed by atoms with Gasteiger partial charge < -0.3 is 9.15 Å². The van der Waals surface area contributed by atoms with Crippen molar-refractivity contribution in [3.8, 4) is 5.88 Å². The van der Waals surface area contributed by atoms with Gasteiger partial charge in [0.15, 0.2) is 0 Å². The molecule has 0 aliphatic rings. The summed E-state index contributed by atoms with van der Waals surface area (Å²) >= 11 is 3.30. The van der Waals surface area contributed by atoms with Crippen LogP contribution in [-0.2, 0) is 4.79 Å². The Kier molecular flexibility index (Phi) is 2.25. The zero-order valence-electron chi connectivity index (χ0n) is 7.28. The molecule has 2 heterocycles. The lowest BCUT2D eigenvalue weighted by molar-refractivity contribution is -0.132. The first kappa shape index (κ1) is 9.21. The van der Waals surface area contributed by atoms with Crippen LogP contribution in [0, 0.1) is 0 Å². The van der Waals surface area contributed by atoms with E-state index in [1.165, 1.54) is 13.2 Å². The lowest BCUT2D eigenvalue weighted by atomic mass is 10.3. The minimum atomic E-state index is -0.400. The molecular formula is C9H6BrNO3. The Hall–Kier alpha value is -1.36. The number of ether oxygens (including phenoxy) is 1. The SMILES string of the molecule is CC(=O)Oc1ccc2c(Br)coc2n1. The van der Waals surface area contributed by atoms with Gasteiger partial charge in [0, 0.05) is 13.0 Å². The van der Waals surface area contributed by atoms with Gasteiger partial charge in [0.05, 0.1) is 9.86 Å². The molecule has 5 heteroatoms. The highest BCUT2D eigenvalue weighted by Gasteiger charge is 2.07.